The summed E-state index contributed by atoms with van der Waals surface area (Å²) in [5.74, 6) is -0.469. The molecule has 0 aliphatic carbocycles. The van der Waals surface area contributed by atoms with Crippen molar-refractivity contribution in [2.75, 3.05) is 20.2 Å². The number of nitrogens with zero attached hydrogens (tertiary/aromatic N) is 1. The van der Waals surface area contributed by atoms with E-state index in [0.717, 1.165) is 15.6 Å². The van der Waals surface area contributed by atoms with Gasteiger partial charge in [-0.25, -0.2) is 8.42 Å². The van der Waals surface area contributed by atoms with Crippen LogP contribution in [0.5, 0.6) is 0 Å². The van der Waals surface area contributed by atoms with Crippen molar-refractivity contribution < 1.29 is 17.9 Å². The van der Waals surface area contributed by atoms with Crippen LogP contribution in [-0.2, 0) is 19.6 Å². The minimum absolute atomic E-state index is 0.0148. The summed E-state index contributed by atoms with van der Waals surface area (Å²) in [5, 5.41) is 0. The van der Waals surface area contributed by atoms with Gasteiger partial charge >= 0.3 is 5.97 Å². The van der Waals surface area contributed by atoms with E-state index in [-0.39, 0.29) is 28.7 Å². The molecule has 0 spiro atoms. The average Bonchev–Trinajstić information content (AvgIpc) is 2.69. The number of hydrogen-bond donors (Lipinski definition) is 0. The number of hydrogen-bond acceptors (Lipinski definition) is 5. The number of sulfonamides is 1. The van der Waals surface area contributed by atoms with Crippen molar-refractivity contribution in [2.45, 2.75) is 18.2 Å². The van der Waals surface area contributed by atoms with Crippen LogP contribution in [0, 0.1) is 0 Å². The van der Waals surface area contributed by atoms with Crippen LogP contribution in [0.4, 0.5) is 0 Å². The van der Waals surface area contributed by atoms with E-state index < -0.39 is 16.0 Å². The van der Waals surface area contributed by atoms with Crippen molar-refractivity contribution in [1.29, 1.82) is 0 Å². The topological polar surface area (TPSA) is 63.7 Å². The van der Waals surface area contributed by atoms with E-state index in [2.05, 4.69) is 4.74 Å². The normalized spacial score (nSPS) is 11.8. The lowest BCUT2D eigenvalue weighted by molar-refractivity contribution is -0.140. The van der Waals surface area contributed by atoms with Gasteiger partial charge in [-0.1, -0.05) is 30.1 Å². The van der Waals surface area contributed by atoms with Gasteiger partial charge < -0.3 is 4.74 Å². The molecule has 0 atom stereocenters. The van der Waals surface area contributed by atoms with Crippen LogP contribution in [0.1, 0.15) is 13.3 Å². The molecule has 0 amide bonds. The van der Waals surface area contributed by atoms with Gasteiger partial charge in [-0.3, -0.25) is 4.79 Å². The fraction of sp³-hybridized carbons (Fsp3) is 0.500. The zero-order valence-electron chi connectivity index (χ0n) is 10.4. The molecule has 0 N–H and O–H groups in total. The summed E-state index contributed by atoms with van der Waals surface area (Å²) in [6, 6.07) is 1.31. The summed E-state index contributed by atoms with van der Waals surface area (Å²) in [6.07, 6.45) is -0.0148. The molecule has 5 nitrogen and oxygen atoms in total. The number of rotatable bonds is 6. The number of carbonyl (C=O) groups excluding carboxylic acids is 1. The highest BCUT2D eigenvalue weighted by Crippen LogP contribution is 2.35. The van der Waals surface area contributed by atoms with E-state index in [0.29, 0.717) is 4.34 Å². The first kappa shape index (κ1) is 16.7. The quantitative estimate of drug-likeness (QED) is 0.743. The van der Waals surface area contributed by atoms with Crippen LogP contribution in [-0.4, -0.2) is 38.9 Å². The standard InChI is InChI=1S/C10H13Cl2NO4S2/c1-3-13(5-4-9(14)17-2)19(15,16)7-6-8(11)18-10(7)12/h6H,3-5H2,1-2H3. The molecule has 1 aromatic rings. The third-order valence-corrected chi connectivity index (χ3v) is 6.12. The highest BCUT2D eigenvalue weighted by Gasteiger charge is 2.27. The van der Waals surface area contributed by atoms with E-state index in [9.17, 15) is 13.2 Å². The van der Waals surface area contributed by atoms with Crippen molar-refractivity contribution in [1.82, 2.24) is 4.31 Å². The Hall–Kier alpha value is -0.340. The van der Waals surface area contributed by atoms with E-state index >= 15 is 0 Å². The van der Waals surface area contributed by atoms with Crippen LogP contribution >= 0.6 is 34.5 Å². The van der Waals surface area contributed by atoms with Gasteiger partial charge in [0.2, 0.25) is 10.0 Å². The zero-order valence-corrected chi connectivity index (χ0v) is 13.5. The molecular weight excluding hydrogens is 333 g/mol. The molecule has 0 aromatic carbocycles. The summed E-state index contributed by atoms with van der Waals surface area (Å²) in [6.45, 7) is 1.94. The maximum absolute atomic E-state index is 12.3. The second-order valence-corrected chi connectivity index (χ2v) is 7.70. The minimum atomic E-state index is -3.75. The monoisotopic (exact) mass is 345 g/mol. The third kappa shape index (κ3) is 4.06. The molecule has 1 aromatic heterocycles. The lowest BCUT2D eigenvalue weighted by Crippen LogP contribution is -2.33. The van der Waals surface area contributed by atoms with Crippen LogP contribution in [0.25, 0.3) is 0 Å². The van der Waals surface area contributed by atoms with Gasteiger partial charge in [-0.2, -0.15) is 4.31 Å². The second-order valence-electron chi connectivity index (χ2n) is 3.51. The van der Waals surface area contributed by atoms with E-state index in [1.807, 2.05) is 0 Å². The van der Waals surface area contributed by atoms with Crippen LogP contribution in [0.15, 0.2) is 11.0 Å². The first-order valence-electron chi connectivity index (χ1n) is 5.34. The number of halogens is 2. The number of esters is 1. The Balaban J connectivity index is 2.96. The first-order chi connectivity index (χ1) is 8.82. The summed E-state index contributed by atoms with van der Waals surface area (Å²) in [5.41, 5.74) is 0. The lowest BCUT2D eigenvalue weighted by atomic mass is 10.4. The molecule has 9 heteroatoms. The summed E-state index contributed by atoms with van der Waals surface area (Å²) < 4.78 is 30.7. The van der Waals surface area contributed by atoms with E-state index in [1.165, 1.54) is 13.2 Å². The fourth-order valence-electron chi connectivity index (χ4n) is 1.41. The van der Waals surface area contributed by atoms with E-state index in [4.69, 9.17) is 23.2 Å². The minimum Gasteiger partial charge on any atom is -0.469 e. The lowest BCUT2D eigenvalue weighted by Gasteiger charge is -2.19. The SMILES string of the molecule is CCN(CCC(=O)OC)S(=O)(=O)c1cc(Cl)sc1Cl. The molecule has 0 saturated heterocycles. The molecule has 19 heavy (non-hydrogen) atoms. The Labute approximate surface area is 126 Å². The maximum Gasteiger partial charge on any atom is 0.306 e. The van der Waals surface area contributed by atoms with Crippen molar-refractivity contribution in [3.8, 4) is 0 Å². The van der Waals surface area contributed by atoms with Crippen molar-refractivity contribution >= 4 is 50.5 Å². The molecule has 108 valence electrons. The largest absolute Gasteiger partial charge is 0.469 e. The van der Waals surface area contributed by atoms with Gasteiger partial charge in [-0.05, 0) is 6.07 Å². The number of thiophene rings is 1. The van der Waals surface area contributed by atoms with Gasteiger partial charge in [0, 0.05) is 13.1 Å². The van der Waals surface area contributed by atoms with Gasteiger partial charge in [0.25, 0.3) is 0 Å². The smallest absolute Gasteiger partial charge is 0.306 e. The van der Waals surface area contributed by atoms with Gasteiger partial charge in [-0.15, -0.1) is 11.3 Å². The molecule has 0 bridgehead atoms. The zero-order chi connectivity index (χ0) is 14.6. The van der Waals surface area contributed by atoms with Gasteiger partial charge in [0.15, 0.2) is 0 Å². The van der Waals surface area contributed by atoms with Crippen molar-refractivity contribution in [2.24, 2.45) is 0 Å². The Morgan fingerprint density at radius 3 is 2.53 bits per heavy atom. The molecule has 1 heterocycles. The molecule has 0 unspecified atom stereocenters. The summed E-state index contributed by atoms with van der Waals surface area (Å²) >= 11 is 12.6. The molecule has 0 fully saturated rings. The highest BCUT2D eigenvalue weighted by molar-refractivity contribution is 7.89. The summed E-state index contributed by atoms with van der Waals surface area (Å²) in [4.78, 5) is 11.0. The Morgan fingerprint density at radius 2 is 2.11 bits per heavy atom. The summed E-state index contributed by atoms with van der Waals surface area (Å²) in [7, 11) is -2.49. The van der Waals surface area contributed by atoms with Crippen LogP contribution in [0.2, 0.25) is 8.67 Å². The van der Waals surface area contributed by atoms with Gasteiger partial charge in [0.1, 0.15) is 9.23 Å². The van der Waals surface area contributed by atoms with E-state index in [1.54, 1.807) is 6.92 Å². The number of methoxy groups -OCH3 is 1. The predicted molar refractivity (Wildman–Crippen MR) is 75.4 cm³/mol. The van der Waals surface area contributed by atoms with Crippen LogP contribution in [0.3, 0.4) is 0 Å². The van der Waals surface area contributed by atoms with Gasteiger partial charge in [0.05, 0.1) is 17.9 Å². The average molecular weight is 346 g/mol. The molecule has 0 aliphatic rings. The fourth-order valence-corrected chi connectivity index (χ4v) is 4.97. The highest BCUT2D eigenvalue weighted by atomic mass is 35.5. The molecule has 0 aliphatic heterocycles. The maximum atomic E-state index is 12.3. The van der Waals surface area contributed by atoms with Crippen LogP contribution < -0.4 is 0 Å². The second kappa shape index (κ2) is 6.90. The van der Waals surface area contributed by atoms with Crippen molar-refractivity contribution in [3.05, 3.63) is 14.7 Å². The molecular formula is C10H13Cl2NO4S2. The number of ether oxygens (including phenoxy) is 1. The predicted octanol–water partition coefficient (Wildman–Crippen LogP) is 2.63. The Morgan fingerprint density at radius 1 is 1.47 bits per heavy atom. The Bertz CT molecular complexity index is 556. The number of carbonyl (C=O) groups is 1. The molecule has 0 saturated carbocycles. The molecule has 1 rings (SSSR count). The van der Waals surface area contributed by atoms with Crippen molar-refractivity contribution in [3.63, 3.8) is 0 Å². The Kier molecular flexibility index (Phi) is 6.07. The molecule has 0 radical (unpaired) electrons. The first-order valence-corrected chi connectivity index (χ1v) is 8.36. The third-order valence-electron chi connectivity index (χ3n) is 2.39.